The Morgan fingerprint density at radius 3 is 2.71 bits per heavy atom. The normalized spacial score (nSPS) is 19.1. The third-order valence-corrected chi connectivity index (χ3v) is 5.65. The van der Waals surface area contributed by atoms with Crippen molar-refractivity contribution in [2.75, 3.05) is 45.9 Å². The second-order valence-corrected chi connectivity index (χ2v) is 7.41. The number of piperidine rings is 1. The van der Waals surface area contributed by atoms with E-state index < -0.39 is 0 Å². The van der Waals surface area contributed by atoms with E-state index in [2.05, 4.69) is 21.8 Å². The van der Waals surface area contributed by atoms with Gasteiger partial charge < -0.3 is 9.64 Å². The van der Waals surface area contributed by atoms with Gasteiger partial charge in [-0.1, -0.05) is 6.92 Å². The number of carbonyl (C=O) groups excluding carboxylic acids is 1. The van der Waals surface area contributed by atoms with Crippen LogP contribution in [0.5, 0.6) is 0 Å². The van der Waals surface area contributed by atoms with Crippen LogP contribution in [-0.2, 0) is 16.0 Å². The Hall–Kier alpha value is -2.32. The van der Waals surface area contributed by atoms with Crippen molar-refractivity contribution in [3.05, 3.63) is 36.3 Å². The van der Waals surface area contributed by atoms with Crippen molar-refractivity contribution in [3.63, 3.8) is 0 Å². The van der Waals surface area contributed by atoms with Crippen molar-refractivity contribution < 1.29 is 9.53 Å². The van der Waals surface area contributed by atoms with Gasteiger partial charge in [-0.05, 0) is 12.8 Å². The zero-order chi connectivity index (χ0) is 19.3. The molecule has 0 saturated carbocycles. The lowest BCUT2D eigenvalue weighted by atomic mass is 9.93. The fourth-order valence-corrected chi connectivity index (χ4v) is 3.96. The molecule has 8 nitrogen and oxygen atoms in total. The largest absolute Gasteiger partial charge is 0.379 e. The van der Waals surface area contributed by atoms with E-state index in [1.807, 2.05) is 21.9 Å². The zero-order valence-electron chi connectivity index (χ0n) is 16.5. The molecule has 4 rings (SSSR count). The number of morpholine rings is 1. The van der Waals surface area contributed by atoms with Crippen molar-refractivity contribution in [2.45, 2.75) is 32.1 Å². The number of ether oxygens (including phenoxy) is 1. The van der Waals surface area contributed by atoms with E-state index in [0.717, 1.165) is 76.0 Å². The van der Waals surface area contributed by atoms with Crippen molar-refractivity contribution in [1.29, 1.82) is 0 Å². The lowest BCUT2D eigenvalue weighted by molar-refractivity contribution is -0.134. The van der Waals surface area contributed by atoms with Crippen LogP contribution in [0.25, 0.3) is 5.82 Å². The molecule has 0 radical (unpaired) electrons. The van der Waals surface area contributed by atoms with E-state index in [1.165, 1.54) is 0 Å². The molecule has 2 aromatic rings. The summed E-state index contributed by atoms with van der Waals surface area (Å²) in [5, 5.41) is 0. The van der Waals surface area contributed by atoms with Crippen molar-refractivity contribution >= 4 is 5.91 Å². The molecule has 2 aliphatic heterocycles. The molecule has 0 aromatic carbocycles. The number of nitrogens with zero attached hydrogens (tertiary/aromatic N) is 6. The number of imidazole rings is 1. The van der Waals surface area contributed by atoms with Crippen LogP contribution in [0.15, 0.2) is 24.8 Å². The molecule has 0 unspecified atom stereocenters. The van der Waals surface area contributed by atoms with Gasteiger partial charge in [0.2, 0.25) is 5.91 Å². The van der Waals surface area contributed by atoms with Gasteiger partial charge in [-0.2, -0.15) is 0 Å². The highest BCUT2D eigenvalue weighted by molar-refractivity contribution is 5.78. The first kappa shape index (κ1) is 19.0. The lowest BCUT2D eigenvalue weighted by Crippen LogP contribution is -2.46. The third kappa shape index (κ3) is 4.23. The minimum atomic E-state index is 0.228. The standard InChI is InChI=1S/C20H28N6O2/c1-2-18-22-5-8-26(18)19-14-21-13-17(23-19)16-3-6-25(7-4-16)20(27)15-24-9-11-28-12-10-24/h5,8,13-14,16H,2-4,6-7,9-12,15H2,1H3. The fraction of sp³-hybridized carbons (Fsp3) is 0.600. The Morgan fingerprint density at radius 1 is 1.18 bits per heavy atom. The number of hydrogen-bond donors (Lipinski definition) is 0. The van der Waals surface area contributed by atoms with Crippen LogP contribution < -0.4 is 0 Å². The van der Waals surface area contributed by atoms with Crippen LogP contribution in [0.4, 0.5) is 0 Å². The molecule has 0 atom stereocenters. The van der Waals surface area contributed by atoms with E-state index in [-0.39, 0.29) is 5.91 Å². The van der Waals surface area contributed by atoms with Crippen LogP contribution in [0, 0.1) is 0 Å². The first-order valence-corrected chi connectivity index (χ1v) is 10.2. The minimum Gasteiger partial charge on any atom is -0.379 e. The summed E-state index contributed by atoms with van der Waals surface area (Å²) in [5.74, 6) is 2.37. The van der Waals surface area contributed by atoms with Crippen LogP contribution in [0.1, 0.15) is 37.2 Å². The summed E-state index contributed by atoms with van der Waals surface area (Å²) in [6, 6.07) is 0. The number of aryl methyl sites for hydroxylation is 1. The molecule has 0 bridgehead atoms. The van der Waals surface area contributed by atoms with Gasteiger partial charge >= 0.3 is 0 Å². The predicted octanol–water partition coefficient (Wildman–Crippen LogP) is 1.26. The van der Waals surface area contributed by atoms with Crippen LogP contribution in [-0.4, -0.2) is 81.2 Å². The van der Waals surface area contributed by atoms with Crippen LogP contribution in [0.3, 0.4) is 0 Å². The quantitative estimate of drug-likeness (QED) is 0.773. The molecule has 2 aromatic heterocycles. The zero-order valence-corrected chi connectivity index (χ0v) is 16.5. The average molecular weight is 384 g/mol. The van der Waals surface area contributed by atoms with Gasteiger partial charge in [-0.3, -0.25) is 19.2 Å². The Labute approximate surface area is 165 Å². The molecule has 8 heteroatoms. The Kier molecular flexibility index (Phi) is 5.97. The number of amides is 1. The number of carbonyl (C=O) groups is 1. The number of likely N-dealkylation sites (tertiary alicyclic amines) is 1. The molecular formula is C20H28N6O2. The minimum absolute atomic E-state index is 0.228. The summed E-state index contributed by atoms with van der Waals surface area (Å²) in [7, 11) is 0. The third-order valence-electron chi connectivity index (χ3n) is 5.65. The number of aromatic nitrogens is 4. The number of rotatable bonds is 5. The smallest absolute Gasteiger partial charge is 0.236 e. The van der Waals surface area contributed by atoms with Gasteiger partial charge in [0.1, 0.15) is 5.82 Å². The van der Waals surface area contributed by atoms with Gasteiger partial charge in [0.25, 0.3) is 0 Å². The maximum absolute atomic E-state index is 12.6. The lowest BCUT2D eigenvalue weighted by Gasteiger charge is -2.34. The van der Waals surface area contributed by atoms with E-state index in [9.17, 15) is 4.79 Å². The van der Waals surface area contributed by atoms with E-state index >= 15 is 0 Å². The second kappa shape index (κ2) is 8.79. The van der Waals surface area contributed by atoms with Crippen molar-refractivity contribution in [1.82, 2.24) is 29.3 Å². The van der Waals surface area contributed by atoms with Crippen molar-refractivity contribution in [2.24, 2.45) is 0 Å². The SMILES string of the molecule is CCc1nccn1-c1cncc(C2CCN(C(=O)CN3CCOCC3)CC2)n1. The summed E-state index contributed by atoms with van der Waals surface area (Å²) in [4.78, 5) is 30.4. The Bertz CT molecular complexity index is 793. The molecule has 0 spiro atoms. The van der Waals surface area contributed by atoms with E-state index in [0.29, 0.717) is 12.5 Å². The maximum atomic E-state index is 12.6. The molecule has 2 aliphatic rings. The van der Waals surface area contributed by atoms with Gasteiger partial charge in [0.05, 0.1) is 31.6 Å². The van der Waals surface area contributed by atoms with Crippen molar-refractivity contribution in [3.8, 4) is 5.82 Å². The highest BCUT2D eigenvalue weighted by Gasteiger charge is 2.26. The van der Waals surface area contributed by atoms with E-state index in [4.69, 9.17) is 9.72 Å². The van der Waals surface area contributed by atoms with Crippen LogP contribution >= 0.6 is 0 Å². The number of hydrogen-bond acceptors (Lipinski definition) is 6. The molecule has 2 saturated heterocycles. The highest BCUT2D eigenvalue weighted by atomic mass is 16.5. The van der Waals surface area contributed by atoms with E-state index in [1.54, 1.807) is 12.4 Å². The first-order valence-electron chi connectivity index (χ1n) is 10.2. The topological polar surface area (TPSA) is 76.4 Å². The first-order chi connectivity index (χ1) is 13.7. The summed E-state index contributed by atoms with van der Waals surface area (Å²) in [6.07, 6.45) is 10.1. The summed E-state index contributed by atoms with van der Waals surface area (Å²) < 4.78 is 7.35. The Balaban J connectivity index is 1.36. The molecule has 28 heavy (non-hydrogen) atoms. The summed E-state index contributed by atoms with van der Waals surface area (Å²) in [5.41, 5.74) is 1.01. The van der Waals surface area contributed by atoms with Crippen LogP contribution in [0.2, 0.25) is 0 Å². The fourth-order valence-electron chi connectivity index (χ4n) is 3.96. The summed E-state index contributed by atoms with van der Waals surface area (Å²) in [6.45, 7) is 7.29. The van der Waals surface area contributed by atoms with Gasteiger partial charge in [-0.15, -0.1) is 0 Å². The molecule has 4 heterocycles. The molecule has 150 valence electrons. The second-order valence-electron chi connectivity index (χ2n) is 7.41. The molecule has 2 fully saturated rings. The predicted molar refractivity (Wildman–Crippen MR) is 104 cm³/mol. The van der Waals surface area contributed by atoms with Gasteiger partial charge in [0, 0.05) is 57.1 Å². The molecule has 0 aliphatic carbocycles. The van der Waals surface area contributed by atoms with Gasteiger partial charge in [-0.25, -0.2) is 9.97 Å². The molecule has 1 amide bonds. The maximum Gasteiger partial charge on any atom is 0.236 e. The summed E-state index contributed by atoms with van der Waals surface area (Å²) >= 11 is 0. The van der Waals surface area contributed by atoms with Gasteiger partial charge in [0.15, 0.2) is 5.82 Å². The molecule has 0 N–H and O–H groups in total. The average Bonchev–Trinajstić information content (AvgIpc) is 3.24. The monoisotopic (exact) mass is 384 g/mol. The Morgan fingerprint density at radius 2 is 1.96 bits per heavy atom. The molecular weight excluding hydrogens is 356 g/mol. The highest BCUT2D eigenvalue weighted by Crippen LogP contribution is 2.27.